The van der Waals surface area contributed by atoms with Gasteiger partial charge in [-0.25, -0.2) is 0 Å². The van der Waals surface area contributed by atoms with Gasteiger partial charge >= 0.3 is 5.90 Å². The van der Waals surface area contributed by atoms with Gasteiger partial charge in [0.05, 0.1) is 6.92 Å². The average molecular weight is 142 g/mol. The van der Waals surface area contributed by atoms with Crippen LogP contribution in [-0.4, -0.2) is 30.2 Å². The lowest BCUT2D eigenvalue weighted by molar-refractivity contribution is -0.535. The zero-order valence-corrected chi connectivity index (χ0v) is 7.22. The van der Waals surface area contributed by atoms with Crippen LogP contribution in [-0.2, 0) is 4.74 Å². The average Bonchev–Trinajstić information content (AvgIpc) is 2.14. The molecule has 0 N–H and O–H groups in total. The molecule has 0 aromatic rings. The molecule has 0 fully saturated rings. The Labute approximate surface area is 62.5 Å². The molecule has 2 heteroatoms. The van der Waals surface area contributed by atoms with Crippen LogP contribution in [0, 0.1) is 5.92 Å². The van der Waals surface area contributed by atoms with E-state index in [1.807, 2.05) is 6.92 Å². The molecular weight excluding hydrogens is 126 g/mol. The van der Waals surface area contributed by atoms with Gasteiger partial charge in [0, 0.05) is 5.92 Å². The highest BCUT2D eigenvalue weighted by Gasteiger charge is 2.31. The summed E-state index contributed by atoms with van der Waals surface area (Å²) in [6, 6.07) is 0.583. The highest BCUT2D eigenvalue weighted by molar-refractivity contribution is 5.68. The Morgan fingerprint density at radius 1 is 1.60 bits per heavy atom. The number of hydrogen-bond acceptors (Lipinski definition) is 1. The third-order valence-corrected chi connectivity index (χ3v) is 2.23. The standard InChI is InChI=1S/C8H16NO/c1-6(2)8-5-10-7(3)9(8)4/h6,8H,5H2,1-4H3/q+1. The summed E-state index contributed by atoms with van der Waals surface area (Å²) in [5.74, 6) is 1.74. The number of hydrogen-bond donors (Lipinski definition) is 0. The highest BCUT2D eigenvalue weighted by atomic mass is 16.5. The summed E-state index contributed by atoms with van der Waals surface area (Å²) >= 11 is 0. The van der Waals surface area contributed by atoms with E-state index in [9.17, 15) is 0 Å². The van der Waals surface area contributed by atoms with E-state index in [1.165, 1.54) is 0 Å². The molecule has 0 aromatic heterocycles. The second-order valence-corrected chi connectivity index (χ2v) is 3.25. The summed E-state index contributed by atoms with van der Waals surface area (Å²) in [7, 11) is 2.09. The fourth-order valence-corrected chi connectivity index (χ4v) is 1.29. The first-order valence-electron chi connectivity index (χ1n) is 3.82. The molecule has 1 unspecified atom stereocenters. The van der Waals surface area contributed by atoms with Crippen molar-refractivity contribution in [1.82, 2.24) is 0 Å². The van der Waals surface area contributed by atoms with E-state index >= 15 is 0 Å². The van der Waals surface area contributed by atoms with Crippen LogP contribution in [0.2, 0.25) is 0 Å². The van der Waals surface area contributed by atoms with Crippen LogP contribution < -0.4 is 0 Å². The Bertz CT molecular complexity index is 161. The van der Waals surface area contributed by atoms with E-state index in [0.29, 0.717) is 12.0 Å². The lowest BCUT2D eigenvalue weighted by Gasteiger charge is -2.07. The molecule has 1 aliphatic rings. The van der Waals surface area contributed by atoms with Gasteiger partial charge in [-0.1, -0.05) is 13.8 Å². The Morgan fingerprint density at radius 3 is 2.40 bits per heavy atom. The molecule has 0 aromatic carbocycles. The molecule has 0 spiro atoms. The largest absolute Gasteiger partial charge is 0.441 e. The highest BCUT2D eigenvalue weighted by Crippen LogP contribution is 2.11. The number of likely N-dealkylation sites (N-methyl/N-ethyl adjacent to an activating group) is 1. The van der Waals surface area contributed by atoms with E-state index in [0.717, 1.165) is 12.5 Å². The molecule has 10 heavy (non-hydrogen) atoms. The molecule has 0 saturated carbocycles. The predicted molar refractivity (Wildman–Crippen MR) is 41.4 cm³/mol. The van der Waals surface area contributed by atoms with Crippen LogP contribution >= 0.6 is 0 Å². The van der Waals surface area contributed by atoms with Gasteiger partial charge in [-0.05, 0) is 0 Å². The lowest BCUT2D eigenvalue weighted by atomic mass is 10.1. The van der Waals surface area contributed by atoms with E-state index in [1.54, 1.807) is 0 Å². The third-order valence-electron chi connectivity index (χ3n) is 2.23. The van der Waals surface area contributed by atoms with Crippen molar-refractivity contribution in [2.75, 3.05) is 13.7 Å². The number of nitrogens with zero attached hydrogens (tertiary/aromatic N) is 1. The summed E-state index contributed by atoms with van der Waals surface area (Å²) in [4.78, 5) is 0. The molecule has 1 atom stereocenters. The maximum atomic E-state index is 5.38. The molecule has 0 radical (unpaired) electrons. The first-order valence-corrected chi connectivity index (χ1v) is 3.82. The van der Waals surface area contributed by atoms with Gasteiger partial charge in [-0.15, -0.1) is 0 Å². The van der Waals surface area contributed by atoms with Gasteiger partial charge in [0.25, 0.3) is 0 Å². The van der Waals surface area contributed by atoms with E-state index in [-0.39, 0.29) is 0 Å². The van der Waals surface area contributed by atoms with Crippen molar-refractivity contribution in [3.63, 3.8) is 0 Å². The number of rotatable bonds is 1. The van der Waals surface area contributed by atoms with E-state index < -0.39 is 0 Å². The maximum Gasteiger partial charge on any atom is 0.333 e. The van der Waals surface area contributed by atoms with Crippen molar-refractivity contribution < 1.29 is 9.31 Å². The van der Waals surface area contributed by atoms with Crippen molar-refractivity contribution in [3.05, 3.63) is 0 Å². The minimum atomic E-state index is 0.583. The summed E-state index contributed by atoms with van der Waals surface area (Å²) < 4.78 is 7.59. The Hall–Kier alpha value is -0.530. The summed E-state index contributed by atoms with van der Waals surface area (Å²) in [6.07, 6.45) is 0. The minimum absolute atomic E-state index is 0.583. The first-order chi connectivity index (χ1) is 4.63. The second kappa shape index (κ2) is 2.60. The molecule has 0 saturated heterocycles. The van der Waals surface area contributed by atoms with Crippen LogP contribution in [0.1, 0.15) is 20.8 Å². The molecule has 1 heterocycles. The smallest absolute Gasteiger partial charge is 0.333 e. The SMILES string of the molecule is CC1=[N+](C)C(C(C)C)CO1. The monoisotopic (exact) mass is 142 g/mol. The van der Waals surface area contributed by atoms with Crippen LogP contribution in [0.4, 0.5) is 0 Å². The topological polar surface area (TPSA) is 12.2 Å². The second-order valence-electron chi connectivity index (χ2n) is 3.25. The van der Waals surface area contributed by atoms with Crippen molar-refractivity contribution >= 4 is 5.90 Å². The van der Waals surface area contributed by atoms with Gasteiger partial charge in [0.1, 0.15) is 7.05 Å². The van der Waals surface area contributed by atoms with E-state index in [4.69, 9.17) is 4.74 Å². The molecule has 1 aliphatic heterocycles. The van der Waals surface area contributed by atoms with Gasteiger partial charge in [0.15, 0.2) is 12.6 Å². The van der Waals surface area contributed by atoms with Crippen LogP contribution in [0.15, 0.2) is 0 Å². The summed E-state index contributed by atoms with van der Waals surface area (Å²) in [6.45, 7) is 7.33. The molecule has 0 bridgehead atoms. The zero-order valence-electron chi connectivity index (χ0n) is 7.22. The predicted octanol–water partition coefficient (Wildman–Crippen LogP) is 1.10. The van der Waals surface area contributed by atoms with Gasteiger partial charge in [-0.3, -0.25) is 0 Å². The first kappa shape index (κ1) is 7.58. The molecular formula is C8H16NO+. The fraction of sp³-hybridized carbons (Fsp3) is 0.875. The van der Waals surface area contributed by atoms with Crippen molar-refractivity contribution in [3.8, 4) is 0 Å². The van der Waals surface area contributed by atoms with Crippen LogP contribution in [0.5, 0.6) is 0 Å². The van der Waals surface area contributed by atoms with E-state index in [2.05, 4.69) is 25.5 Å². The lowest BCUT2D eigenvalue weighted by Crippen LogP contribution is -2.27. The summed E-state index contributed by atoms with van der Waals surface area (Å²) in [5, 5.41) is 0. The number of ether oxygens (including phenoxy) is 1. The van der Waals surface area contributed by atoms with Gasteiger partial charge in [0.2, 0.25) is 0 Å². The minimum Gasteiger partial charge on any atom is -0.441 e. The third kappa shape index (κ3) is 1.15. The maximum absolute atomic E-state index is 5.38. The van der Waals surface area contributed by atoms with Gasteiger partial charge in [-0.2, -0.15) is 4.58 Å². The van der Waals surface area contributed by atoms with Crippen molar-refractivity contribution in [2.24, 2.45) is 5.92 Å². The Morgan fingerprint density at radius 2 is 2.20 bits per heavy atom. The Balaban J connectivity index is 2.68. The zero-order chi connectivity index (χ0) is 7.72. The molecule has 0 aliphatic carbocycles. The van der Waals surface area contributed by atoms with Crippen molar-refractivity contribution in [2.45, 2.75) is 26.8 Å². The Kier molecular flexibility index (Phi) is 1.97. The van der Waals surface area contributed by atoms with Crippen LogP contribution in [0.3, 0.4) is 0 Å². The normalized spacial score (nSPS) is 25.9. The molecule has 58 valence electrons. The quantitative estimate of drug-likeness (QED) is 0.499. The molecule has 0 amide bonds. The van der Waals surface area contributed by atoms with Gasteiger partial charge < -0.3 is 4.74 Å². The van der Waals surface area contributed by atoms with Crippen molar-refractivity contribution in [1.29, 1.82) is 0 Å². The summed E-state index contributed by atoms with van der Waals surface area (Å²) in [5.41, 5.74) is 0. The molecule has 2 nitrogen and oxygen atoms in total. The van der Waals surface area contributed by atoms with Crippen LogP contribution in [0.25, 0.3) is 0 Å². The fourth-order valence-electron chi connectivity index (χ4n) is 1.29. The molecule has 1 rings (SSSR count).